The van der Waals surface area contributed by atoms with Gasteiger partial charge in [0, 0.05) is 6.42 Å². The van der Waals surface area contributed by atoms with Crippen LogP contribution < -0.4 is 0 Å². The van der Waals surface area contributed by atoms with Gasteiger partial charge in [-0.1, -0.05) is 30.3 Å². The fraction of sp³-hybridized carbons (Fsp3) is 0.267. The van der Waals surface area contributed by atoms with Gasteiger partial charge in [-0.25, -0.2) is 0 Å². The molecule has 19 heavy (non-hydrogen) atoms. The zero-order valence-electron chi connectivity index (χ0n) is 10.6. The molecule has 0 bridgehead atoms. The average Bonchev–Trinajstić information content (AvgIpc) is 2.31. The standard InChI is InChI=1S/C15H16O4/c1-10-4-2-3-5-11(10)8-15(19)9-12(16)6-7-13(15)14(17)18/h2-7,9,13,16,19H,8H2,1H3,(H,17,18). The number of rotatable bonds is 3. The Morgan fingerprint density at radius 3 is 2.68 bits per heavy atom. The predicted octanol–water partition coefficient (Wildman–Crippen LogP) is 1.98. The monoisotopic (exact) mass is 260 g/mol. The Balaban J connectivity index is 2.37. The zero-order valence-corrected chi connectivity index (χ0v) is 10.6. The molecular formula is C15H16O4. The Morgan fingerprint density at radius 1 is 1.37 bits per heavy atom. The van der Waals surface area contributed by atoms with Crippen molar-refractivity contribution >= 4 is 5.97 Å². The first-order valence-corrected chi connectivity index (χ1v) is 6.02. The van der Waals surface area contributed by atoms with Crippen LogP contribution in [0.3, 0.4) is 0 Å². The molecule has 0 radical (unpaired) electrons. The lowest BCUT2D eigenvalue weighted by atomic mass is 9.78. The number of carbonyl (C=O) groups is 1. The van der Waals surface area contributed by atoms with Crippen LogP contribution in [0.5, 0.6) is 0 Å². The molecule has 2 unspecified atom stereocenters. The van der Waals surface area contributed by atoms with Crippen molar-refractivity contribution in [2.45, 2.75) is 18.9 Å². The summed E-state index contributed by atoms with van der Waals surface area (Å²) in [5.74, 6) is -2.30. The summed E-state index contributed by atoms with van der Waals surface area (Å²) in [6, 6.07) is 7.46. The Bertz CT molecular complexity index is 559. The van der Waals surface area contributed by atoms with E-state index in [0.29, 0.717) is 0 Å². The van der Waals surface area contributed by atoms with Gasteiger partial charge in [-0.2, -0.15) is 0 Å². The Labute approximate surface area is 111 Å². The van der Waals surface area contributed by atoms with Crippen molar-refractivity contribution in [3.8, 4) is 0 Å². The molecule has 100 valence electrons. The van der Waals surface area contributed by atoms with Crippen molar-refractivity contribution in [3.63, 3.8) is 0 Å². The summed E-state index contributed by atoms with van der Waals surface area (Å²) in [7, 11) is 0. The average molecular weight is 260 g/mol. The first-order chi connectivity index (χ1) is 8.92. The summed E-state index contributed by atoms with van der Waals surface area (Å²) in [6.45, 7) is 1.90. The SMILES string of the molecule is Cc1ccccc1CC1(O)C=C(O)C=CC1C(=O)O. The summed E-state index contributed by atoms with van der Waals surface area (Å²) in [4.78, 5) is 11.2. The lowest BCUT2D eigenvalue weighted by Gasteiger charge is -2.32. The predicted molar refractivity (Wildman–Crippen MR) is 70.8 cm³/mol. The Morgan fingerprint density at radius 2 is 2.05 bits per heavy atom. The molecule has 4 heteroatoms. The normalized spacial score (nSPS) is 26.0. The summed E-state index contributed by atoms with van der Waals surface area (Å²) >= 11 is 0. The lowest BCUT2D eigenvalue weighted by molar-refractivity contribution is -0.146. The molecule has 1 aromatic carbocycles. The van der Waals surface area contributed by atoms with Crippen LogP contribution in [0.1, 0.15) is 11.1 Å². The molecule has 1 aliphatic carbocycles. The third-order valence-corrected chi connectivity index (χ3v) is 3.40. The minimum atomic E-state index is -1.61. The molecule has 1 aromatic rings. The van der Waals surface area contributed by atoms with Crippen molar-refractivity contribution in [1.82, 2.24) is 0 Å². The molecular weight excluding hydrogens is 244 g/mol. The van der Waals surface area contributed by atoms with Crippen molar-refractivity contribution in [2.75, 3.05) is 0 Å². The fourth-order valence-electron chi connectivity index (χ4n) is 2.33. The number of aliphatic hydroxyl groups excluding tert-OH is 1. The largest absolute Gasteiger partial charge is 0.508 e. The van der Waals surface area contributed by atoms with Gasteiger partial charge in [0.2, 0.25) is 0 Å². The number of hydrogen-bond donors (Lipinski definition) is 3. The van der Waals surface area contributed by atoms with E-state index >= 15 is 0 Å². The highest BCUT2D eigenvalue weighted by molar-refractivity contribution is 5.75. The van der Waals surface area contributed by atoms with Crippen molar-refractivity contribution in [2.24, 2.45) is 5.92 Å². The van der Waals surface area contributed by atoms with E-state index in [-0.39, 0.29) is 12.2 Å². The summed E-state index contributed by atoms with van der Waals surface area (Å²) in [5, 5.41) is 29.3. The highest BCUT2D eigenvalue weighted by Gasteiger charge is 2.40. The van der Waals surface area contributed by atoms with Gasteiger partial charge >= 0.3 is 5.97 Å². The molecule has 1 aliphatic rings. The van der Waals surface area contributed by atoms with Crippen molar-refractivity contribution in [3.05, 3.63) is 59.4 Å². The van der Waals surface area contributed by atoms with Crippen LogP contribution in [-0.2, 0) is 11.2 Å². The van der Waals surface area contributed by atoms with Gasteiger partial charge in [0.05, 0.1) is 0 Å². The number of aryl methyl sites for hydroxylation is 1. The second kappa shape index (κ2) is 4.90. The van der Waals surface area contributed by atoms with Gasteiger partial charge < -0.3 is 15.3 Å². The van der Waals surface area contributed by atoms with Crippen LogP contribution in [0, 0.1) is 12.8 Å². The van der Waals surface area contributed by atoms with E-state index in [1.165, 1.54) is 18.2 Å². The third-order valence-electron chi connectivity index (χ3n) is 3.40. The zero-order chi connectivity index (χ0) is 14.0. The molecule has 4 nitrogen and oxygen atoms in total. The number of allylic oxidation sites excluding steroid dienone is 1. The quantitative estimate of drug-likeness (QED) is 0.776. The van der Waals surface area contributed by atoms with E-state index in [4.69, 9.17) is 0 Å². The maximum absolute atomic E-state index is 11.2. The molecule has 0 amide bonds. The first kappa shape index (κ1) is 13.4. The minimum Gasteiger partial charge on any atom is -0.508 e. The van der Waals surface area contributed by atoms with Gasteiger partial charge in [-0.15, -0.1) is 0 Å². The van der Waals surface area contributed by atoms with E-state index in [9.17, 15) is 20.1 Å². The molecule has 0 fully saturated rings. The van der Waals surface area contributed by atoms with Crippen LogP contribution >= 0.6 is 0 Å². The Kier molecular flexibility index (Phi) is 3.44. The van der Waals surface area contributed by atoms with Crippen LogP contribution in [0.4, 0.5) is 0 Å². The van der Waals surface area contributed by atoms with Crippen LogP contribution in [-0.4, -0.2) is 26.9 Å². The third kappa shape index (κ3) is 2.69. The van der Waals surface area contributed by atoms with Crippen LogP contribution in [0.2, 0.25) is 0 Å². The molecule has 0 saturated heterocycles. The highest BCUT2D eigenvalue weighted by atomic mass is 16.4. The smallest absolute Gasteiger partial charge is 0.313 e. The number of aliphatic carboxylic acids is 1. The number of benzene rings is 1. The van der Waals surface area contributed by atoms with E-state index in [1.807, 2.05) is 31.2 Å². The number of carboxylic acids is 1. The highest BCUT2D eigenvalue weighted by Crippen LogP contribution is 2.31. The summed E-state index contributed by atoms with van der Waals surface area (Å²) in [5.41, 5.74) is 0.217. The second-order valence-electron chi connectivity index (χ2n) is 4.84. The summed E-state index contributed by atoms with van der Waals surface area (Å²) in [6.07, 6.45) is 3.96. The van der Waals surface area contributed by atoms with Gasteiger partial charge in [0.1, 0.15) is 17.3 Å². The van der Waals surface area contributed by atoms with Crippen molar-refractivity contribution < 1.29 is 20.1 Å². The molecule has 2 atom stereocenters. The van der Waals surface area contributed by atoms with E-state index in [2.05, 4.69) is 0 Å². The minimum absolute atomic E-state index is 0.117. The fourth-order valence-corrected chi connectivity index (χ4v) is 2.33. The van der Waals surface area contributed by atoms with E-state index < -0.39 is 17.5 Å². The molecule has 0 aliphatic heterocycles. The van der Waals surface area contributed by atoms with Gasteiger partial charge in [-0.05, 0) is 30.2 Å². The van der Waals surface area contributed by atoms with E-state index in [0.717, 1.165) is 11.1 Å². The van der Waals surface area contributed by atoms with Gasteiger partial charge in [-0.3, -0.25) is 4.79 Å². The topological polar surface area (TPSA) is 77.8 Å². The number of carboxylic acid groups (broad SMARTS) is 1. The van der Waals surface area contributed by atoms with Crippen LogP contribution in [0.25, 0.3) is 0 Å². The molecule has 0 heterocycles. The summed E-state index contributed by atoms with van der Waals surface area (Å²) < 4.78 is 0. The van der Waals surface area contributed by atoms with E-state index in [1.54, 1.807) is 0 Å². The second-order valence-corrected chi connectivity index (χ2v) is 4.84. The molecule has 0 aromatic heterocycles. The molecule has 3 N–H and O–H groups in total. The Hall–Kier alpha value is -2.07. The molecule has 0 spiro atoms. The number of aliphatic hydroxyl groups is 2. The maximum Gasteiger partial charge on any atom is 0.313 e. The van der Waals surface area contributed by atoms with Crippen LogP contribution in [0.15, 0.2) is 48.3 Å². The maximum atomic E-state index is 11.2. The number of hydrogen-bond acceptors (Lipinski definition) is 3. The lowest BCUT2D eigenvalue weighted by Crippen LogP contribution is -2.43. The van der Waals surface area contributed by atoms with Gasteiger partial charge in [0.25, 0.3) is 0 Å². The first-order valence-electron chi connectivity index (χ1n) is 6.02. The molecule has 0 saturated carbocycles. The molecule has 2 rings (SSSR count). The van der Waals surface area contributed by atoms with Crippen molar-refractivity contribution in [1.29, 1.82) is 0 Å². The van der Waals surface area contributed by atoms with Gasteiger partial charge in [0.15, 0.2) is 0 Å².